The van der Waals surface area contributed by atoms with Crippen molar-refractivity contribution in [1.82, 2.24) is 5.32 Å². The first kappa shape index (κ1) is 11.6. The lowest BCUT2D eigenvalue weighted by molar-refractivity contribution is -0.121. The number of likely N-dealkylation sites (N-methyl/N-ethyl adjacent to an activating group) is 1. The van der Waals surface area contributed by atoms with Gasteiger partial charge in [0.25, 0.3) is 0 Å². The van der Waals surface area contributed by atoms with Crippen molar-refractivity contribution in [3.63, 3.8) is 0 Å². The second kappa shape index (κ2) is 6.14. The minimum Gasteiger partial charge on any atom is -0.391 e. The molecule has 0 amide bonds. The van der Waals surface area contributed by atoms with Crippen LogP contribution < -0.4 is 5.32 Å². The Labute approximate surface area is 74.2 Å². The van der Waals surface area contributed by atoms with Gasteiger partial charge in [0.15, 0.2) is 0 Å². The van der Waals surface area contributed by atoms with E-state index in [1.165, 1.54) is 0 Å². The monoisotopic (exact) mass is 173 g/mol. The molecular formula is C9H19NO2. The molecule has 0 aromatic heterocycles. The number of nitrogens with one attached hydrogen (secondary N) is 1. The molecule has 72 valence electrons. The van der Waals surface area contributed by atoms with Gasteiger partial charge in [-0.3, -0.25) is 4.79 Å². The molecule has 12 heavy (non-hydrogen) atoms. The standard InChI is InChI=1S/C9H19NO2/c1-4-7(11)6-9(12)8(5-2)10-3/h8-10,12H,4-6H2,1-3H3. The quantitative estimate of drug-likeness (QED) is 0.622. The lowest BCUT2D eigenvalue weighted by Crippen LogP contribution is -2.38. The van der Waals surface area contributed by atoms with Crippen molar-refractivity contribution in [1.29, 1.82) is 0 Å². The molecule has 0 spiro atoms. The summed E-state index contributed by atoms with van der Waals surface area (Å²) >= 11 is 0. The van der Waals surface area contributed by atoms with E-state index in [2.05, 4.69) is 5.32 Å². The van der Waals surface area contributed by atoms with Gasteiger partial charge in [0.2, 0.25) is 0 Å². The smallest absolute Gasteiger partial charge is 0.135 e. The molecule has 2 N–H and O–H groups in total. The summed E-state index contributed by atoms with van der Waals surface area (Å²) in [6, 6.07) is 0.0421. The summed E-state index contributed by atoms with van der Waals surface area (Å²) in [4.78, 5) is 11.0. The molecule has 0 aromatic rings. The largest absolute Gasteiger partial charge is 0.391 e. The highest BCUT2D eigenvalue weighted by molar-refractivity contribution is 5.78. The SMILES string of the molecule is CCC(=O)CC(O)C(CC)NC. The minimum atomic E-state index is -0.535. The van der Waals surface area contributed by atoms with Gasteiger partial charge < -0.3 is 10.4 Å². The van der Waals surface area contributed by atoms with Crippen LogP contribution >= 0.6 is 0 Å². The molecule has 0 aliphatic rings. The Morgan fingerprint density at radius 3 is 2.42 bits per heavy atom. The summed E-state index contributed by atoms with van der Waals surface area (Å²) < 4.78 is 0. The summed E-state index contributed by atoms with van der Waals surface area (Å²) in [6.07, 6.45) is 1.09. The first-order valence-corrected chi connectivity index (χ1v) is 4.52. The van der Waals surface area contributed by atoms with Crippen molar-refractivity contribution in [2.24, 2.45) is 0 Å². The van der Waals surface area contributed by atoms with Crippen LogP contribution in [-0.2, 0) is 4.79 Å². The summed E-state index contributed by atoms with van der Waals surface area (Å²) in [6.45, 7) is 3.80. The summed E-state index contributed by atoms with van der Waals surface area (Å²) in [5, 5.41) is 12.5. The van der Waals surface area contributed by atoms with E-state index in [0.717, 1.165) is 6.42 Å². The third-order valence-electron chi connectivity index (χ3n) is 2.11. The summed E-state index contributed by atoms with van der Waals surface area (Å²) in [5.41, 5.74) is 0. The number of rotatable bonds is 6. The molecule has 0 heterocycles. The number of ketones is 1. The molecule has 0 aliphatic carbocycles. The van der Waals surface area contributed by atoms with Crippen LogP contribution in [0.3, 0.4) is 0 Å². The van der Waals surface area contributed by atoms with Gasteiger partial charge in [-0.2, -0.15) is 0 Å². The van der Waals surface area contributed by atoms with E-state index in [9.17, 15) is 9.90 Å². The van der Waals surface area contributed by atoms with E-state index >= 15 is 0 Å². The van der Waals surface area contributed by atoms with Crippen LogP contribution in [0, 0.1) is 0 Å². The lowest BCUT2D eigenvalue weighted by Gasteiger charge is -2.19. The zero-order valence-electron chi connectivity index (χ0n) is 8.13. The van der Waals surface area contributed by atoms with Gasteiger partial charge in [-0.15, -0.1) is 0 Å². The Hall–Kier alpha value is -0.410. The fraction of sp³-hybridized carbons (Fsp3) is 0.889. The van der Waals surface area contributed by atoms with Gasteiger partial charge in [0.05, 0.1) is 6.10 Å². The Balaban J connectivity index is 3.83. The van der Waals surface area contributed by atoms with Crippen LogP contribution in [-0.4, -0.2) is 30.1 Å². The molecular weight excluding hydrogens is 154 g/mol. The van der Waals surface area contributed by atoms with E-state index < -0.39 is 6.10 Å². The lowest BCUT2D eigenvalue weighted by atomic mass is 10.0. The Morgan fingerprint density at radius 1 is 1.50 bits per heavy atom. The van der Waals surface area contributed by atoms with E-state index in [1.807, 2.05) is 13.8 Å². The van der Waals surface area contributed by atoms with Crippen molar-refractivity contribution < 1.29 is 9.90 Å². The highest BCUT2D eigenvalue weighted by Crippen LogP contribution is 2.04. The molecule has 2 atom stereocenters. The molecule has 0 aliphatic heterocycles. The predicted molar refractivity (Wildman–Crippen MR) is 49.1 cm³/mol. The highest BCUT2D eigenvalue weighted by Gasteiger charge is 2.17. The van der Waals surface area contributed by atoms with E-state index in [1.54, 1.807) is 7.05 Å². The zero-order chi connectivity index (χ0) is 9.56. The van der Waals surface area contributed by atoms with Crippen LogP contribution in [0.4, 0.5) is 0 Å². The first-order valence-electron chi connectivity index (χ1n) is 4.52. The molecule has 0 saturated heterocycles. The third-order valence-corrected chi connectivity index (χ3v) is 2.11. The van der Waals surface area contributed by atoms with Gasteiger partial charge in [-0.1, -0.05) is 13.8 Å². The topological polar surface area (TPSA) is 49.3 Å². The van der Waals surface area contributed by atoms with Gasteiger partial charge in [0, 0.05) is 18.9 Å². The van der Waals surface area contributed by atoms with Gasteiger partial charge in [-0.25, -0.2) is 0 Å². The van der Waals surface area contributed by atoms with Crippen molar-refractivity contribution >= 4 is 5.78 Å². The molecule has 0 bridgehead atoms. The third kappa shape index (κ3) is 3.83. The number of aliphatic hydroxyl groups excluding tert-OH is 1. The predicted octanol–water partition coefficient (Wildman–Crippen LogP) is 0.714. The van der Waals surface area contributed by atoms with Crippen molar-refractivity contribution in [2.45, 2.75) is 45.3 Å². The molecule has 3 nitrogen and oxygen atoms in total. The Morgan fingerprint density at radius 2 is 2.08 bits per heavy atom. The molecule has 0 fully saturated rings. The van der Waals surface area contributed by atoms with Crippen molar-refractivity contribution in [2.75, 3.05) is 7.05 Å². The molecule has 2 unspecified atom stereocenters. The molecule has 3 heteroatoms. The van der Waals surface area contributed by atoms with E-state index in [4.69, 9.17) is 0 Å². The highest BCUT2D eigenvalue weighted by atomic mass is 16.3. The minimum absolute atomic E-state index is 0.0421. The van der Waals surface area contributed by atoms with E-state index in [0.29, 0.717) is 6.42 Å². The average Bonchev–Trinajstić information content (AvgIpc) is 2.06. The summed E-state index contributed by atoms with van der Waals surface area (Å²) in [5.74, 6) is 0.121. The van der Waals surface area contributed by atoms with Crippen LogP contribution in [0.5, 0.6) is 0 Å². The number of Topliss-reactive ketones (excluding diaryl/α,β-unsaturated/α-hetero) is 1. The fourth-order valence-corrected chi connectivity index (χ4v) is 1.19. The Kier molecular flexibility index (Phi) is 5.93. The average molecular weight is 173 g/mol. The number of hydrogen-bond donors (Lipinski definition) is 2. The maximum Gasteiger partial charge on any atom is 0.135 e. The van der Waals surface area contributed by atoms with Crippen LogP contribution in [0.1, 0.15) is 33.1 Å². The number of carbonyl (C=O) groups excluding carboxylic acids is 1. The maximum absolute atomic E-state index is 11.0. The second-order valence-electron chi connectivity index (χ2n) is 2.97. The van der Waals surface area contributed by atoms with Gasteiger partial charge >= 0.3 is 0 Å². The van der Waals surface area contributed by atoms with Crippen molar-refractivity contribution in [3.05, 3.63) is 0 Å². The van der Waals surface area contributed by atoms with Crippen molar-refractivity contribution in [3.8, 4) is 0 Å². The number of aliphatic hydroxyl groups is 1. The van der Waals surface area contributed by atoms with E-state index in [-0.39, 0.29) is 18.2 Å². The number of carbonyl (C=O) groups is 1. The second-order valence-corrected chi connectivity index (χ2v) is 2.97. The zero-order valence-corrected chi connectivity index (χ0v) is 8.13. The number of hydrogen-bond acceptors (Lipinski definition) is 3. The summed E-state index contributed by atoms with van der Waals surface area (Å²) in [7, 11) is 1.80. The normalized spacial score (nSPS) is 15.7. The molecule has 0 radical (unpaired) electrons. The maximum atomic E-state index is 11.0. The van der Waals surface area contributed by atoms with Gasteiger partial charge in [0.1, 0.15) is 5.78 Å². The molecule has 0 saturated carbocycles. The first-order chi connectivity index (χ1) is 5.65. The van der Waals surface area contributed by atoms with Gasteiger partial charge in [-0.05, 0) is 13.5 Å². The molecule has 0 rings (SSSR count). The van der Waals surface area contributed by atoms with Crippen LogP contribution in [0.25, 0.3) is 0 Å². The van der Waals surface area contributed by atoms with Crippen LogP contribution in [0.15, 0.2) is 0 Å². The van der Waals surface area contributed by atoms with Crippen LogP contribution in [0.2, 0.25) is 0 Å². The Bertz CT molecular complexity index is 132. The molecule has 0 aromatic carbocycles. The fourth-order valence-electron chi connectivity index (χ4n) is 1.19.